The Labute approximate surface area is 181 Å². The highest BCUT2D eigenvalue weighted by Gasteiger charge is 2.39. The molecule has 8 nitrogen and oxygen atoms in total. The van der Waals surface area contributed by atoms with Gasteiger partial charge in [-0.15, -0.1) is 0 Å². The van der Waals surface area contributed by atoms with Crippen LogP contribution in [0.3, 0.4) is 0 Å². The van der Waals surface area contributed by atoms with Gasteiger partial charge in [-0.25, -0.2) is 0 Å². The Bertz CT molecular complexity index is 962. The average Bonchev–Trinajstić information content (AvgIpc) is 3.01. The van der Waals surface area contributed by atoms with Crippen molar-refractivity contribution in [3.05, 3.63) is 53.7 Å². The molecule has 8 heteroatoms. The van der Waals surface area contributed by atoms with E-state index in [4.69, 9.17) is 18.9 Å². The van der Waals surface area contributed by atoms with Crippen LogP contribution in [0.2, 0.25) is 0 Å². The molecule has 2 amide bonds. The van der Waals surface area contributed by atoms with Gasteiger partial charge in [-0.1, -0.05) is 12.1 Å². The lowest BCUT2D eigenvalue weighted by molar-refractivity contribution is -0.137. The number of hydrogen-bond donors (Lipinski definition) is 1. The van der Waals surface area contributed by atoms with Crippen LogP contribution in [0.4, 0.5) is 5.69 Å². The zero-order valence-electron chi connectivity index (χ0n) is 18.1. The molecular formula is C23H26N2O6. The second-order valence-corrected chi connectivity index (χ2v) is 6.69. The van der Waals surface area contributed by atoms with Crippen LogP contribution >= 0.6 is 0 Å². The van der Waals surface area contributed by atoms with Crippen LogP contribution in [0.25, 0.3) is 5.57 Å². The van der Waals surface area contributed by atoms with Crippen LogP contribution in [-0.4, -0.2) is 57.8 Å². The zero-order chi connectivity index (χ0) is 22.4. The first-order valence-corrected chi connectivity index (χ1v) is 9.85. The molecular weight excluding hydrogens is 400 g/mol. The van der Waals surface area contributed by atoms with Crippen LogP contribution < -0.4 is 19.5 Å². The first-order valence-electron chi connectivity index (χ1n) is 9.85. The second-order valence-electron chi connectivity index (χ2n) is 6.69. The third-order valence-corrected chi connectivity index (χ3v) is 4.76. The predicted molar refractivity (Wildman–Crippen MR) is 116 cm³/mol. The van der Waals surface area contributed by atoms with E-state index in [1.54, 1.807) is 56.7 Å². The van der Waals surface area contributed by atoms with Crippen LogP contribution in [-0.2, 0) is 14.3 Å². The summed E-state index contributed by atoms with van der Waals surface area (Å²) < 4.78 is 21.2. The minimum absolute atomic E-state index is 0.154. The molecule has 1 N–H and O–H groups in total. The fourth-order valence-corrected chi connectivity index (χ4v) is 3.25. The molecule has 0 saturated carbocycles. The average molecular weight is 426 g/mol. The van der Waals surface area contributed by atoms with Gasteiger partial charge in [0.2, 0.25) is 0 Å². The van der Waals surface area contributed by atoms with E-state index in [-0.39, 0.29) is 30.3 Å². The summed E-state index contributed by atoms with van der Waals surface area (Å²) in [6.45, 7) is 2.83. The van der Waals surface area contributed by atoms with Gasteiger partial charge in [0.15, 0.2) is 0 Å². The molecule has 2 aromatic rings. The smallest absolute Gasteiger partial charge is 0.278 e. The molecule has 0 aliphatic carbocycles. The van der Waals surface area contributed by atoms with E-state index in [9.17, 15) is 9.59 Å². The summed E-state index contributed by atoms with van der Waals surface area (Å²) in [5.41, 5.74) is 1.63. The van der Waals surface area contributed by atoms with Crippen molar-refractivity contribution < 1.29 is 28.5 Å². The SMILES string of the molecule is CCOc1ccc(C2=C(Nc3cc(OC)cc(OC)c3)C(=O)N(CCOC)C2=O)cc1. The number of benzene rings is 2. The molecule has 0 unspecified atom stereocenters. The van der Waals surface area contributed by atoms with Gasteiger partial charge in [-0.3, -0.25) is 14.5 Å². The van der Waals surface area contributed by atoms with Crippen molar-refractivity contribution >= 4 is 23.1 Å². The molecule has 0 radical (unpaired) electrons. The van der Waals surface area contributed by atoms with E-state index in [0.717, 1.165) is 0 Å². The number of rotatable bonds is 10. The third kappa shape index (κ3) is 4.80. The van der Waals surface area contributed by atoms with E-state index in [1.807, 2.05) is 6.92 Å². The van der Waals surface area contributed by atoms with Gasteiger partial charge in [0, 0.05) is 31.0 Å². The number of amides is 2. The molecule has 0 bridgehead atoms. The zero-order valence-corrected chi connectivity index (χ0v) is 18.1. The van der Waals surface area contributed by atoms with Crippen LogP contribution in [0, 0.1) is 0 Å². The number of nitrogens with one attached hydrogen (secondary N) is 1. The molecule has 1 aliphatic rings. The fraction of sp³-hybridized carbons (Fsp3) is 0.304. The van der Waals surface area contributed by atoms with Gasteiger partial charge < -0.3 is 24.3 Å². The molecule has 2 aromatic carbocycles. The molecule has 0 atom stereocenters. The largest absolute Gasteiger partial charge is 0.497 e. The van der Waals surface area contributed by atoms with Crippen molar-refractivity contribution in [2.45, 2.75) is 6.92 Å². The quantitative estimate of drug-likeness (QED) is 0.585. The topological polar surface area (TPSA) is 86.3 Å². The predicted octanol–water partition coefficient (Wildman–Crippen LogP) is 2.94. The Kier molecular flexibility index (Phi) is 7.15. The number of carbonyl (C=O) groups excluding carboxylic acids is 2. The van der Waals surface area contributed by atoms with Crippen LogP contribution in [0.1, 0.15) is 12.5 Å². The summed E-state index contributed by atoms with van der Waals surface area (Å²) in [4.78, 5) is 27.5. The summed E-state index contributed by atoms with van der Waals surface area (Å²) >= 11 is 0. The summed E-state index contributed by atoms with van der Waals surface area (Å²) in [6.07, 6.45) is 0. The first-order chi connectivity index (χ1) is 15.0. The van der Waals surface area contributed by atoms with Gasteiger partial charge in [-0.2, -0.15) is 0 Å². The highest BCUT2D eigenvalue weighted by Crippen LogP contribution is 2.33. The van der Waals surface area contributed by atoms with Gasteiger partial charge in [0.25, 0.3) is 11.8 Å². The Balaban J connectivity index is 2.04. The lowest BCUT2D eigenvalue weighted by Crippen LogP contribution is -2.35. The highest BCUT2D eigenvalue weighted by atomic mass is 16.5. The second kappa shape index (κ2) is 9.99. The van der Waals surface area contributed by atoms with Gasteiger partial charge >= 0.3 is 0 Å². The number of nitrogens with zero attached hydrogens (tertiary/aromatic N) is 1. The Hall–Kier alpha value is -3.52. The molecule has 0 saturated heterocycles. The molecule has 31 heavy (non-hydrogen) atoms. The minimum atomic E-state index is -0.423. The Morgan fingerprint density at radius 3 is 2.06 bits per heavy atom. The maximum atomic E-state index is 13.2. The number of imide groups is 1. The van der Waals surface area contributed by atoms with Gasteiger partial charge in [-0.05, 0) is 24.6 Å². The summed E-state index contributed by atoms with van der Waals surface area (Å²) in [5.74, 6) is 0.986. The van der Waals surface area contributed by atoms with Crippen molar-refractivity contribution in [2.75, 3.05) is 46.4 Å². The summed E-state index contributed by atoms with van der Waals surface area (Å²) in [6, 6.07) is 12.2. The van der Waals surface area contributed by atoms with Crippen molar-refractivity contribution in [1.82, 2.24) is 4.90 Å². The normalized spacial score (nSPS) is 13.6. The van der Waals surface area contributed by atoms with Crippen molar-refractivity contribution in [1.29, 1.82) is 0 Å². The Morgan fingerprint density at radius 2 is 1.52 bits per heavy atom. The van der Waals surface area contributed by atoms with Crippen LogP contribution in [0.5, 0.6) is 17.2 Å². The van der Waals surface area contributed by atoms with Gasteiger partial charge in [0.05, 0.1) is 39.6 Å². The number of methoxy groups -OCH3 is 3. The maximum Gasteiger partial charge on any atom is 0.278 e. The molecule has 0 fully saturated rings. The number of anilines is 1. The monoisotopic (exact) mass is 426 g/mol. The lowest BCUT2D eigenvalue weighted by Gasteiger charge is -2.15. The molecule has 164 valence electrons. The number of hydrogen-bond acceptors (Lipinski definition) is 7. The molecule has 1 aliphatic heterocycles. The standard InChI is InChI=1S/C23H26N2O6/c1-5-31-17-8-6-15(7-9-17)20-21(23(27)25(22(20)26)10-11-28-2)24-16-12-18(29-3)14-19(13-16)30-4/h6-9,12-14,24H,5,10-11H2,1-4H3. The van der Waals surface area contributed by atoms with Crippen molar-refractivity contribution in [2.24, 2.45) is 0 Å². The number of carbonyl (C=O) groups is 2. The van der Waals surface area contributed by atoms with E-state index < -0.39 is 5.91 Å². The lowest BCUT2D eigenvalue weighted by atomic mass is 10.0. The van der Waals surface area contributed by atoms with E-state index in [0.29, 0.717) is 35.1 Å². The summed E-state index contributed by atoms with van der Waals surface area (Å²) in [5, 5.41) is 3.10. The molecule has 1 heterocycles. The highest BCUT2D eigenvalue weighted by molar-refractivity contribution is 6.36. The number of ether oxygens (including phenoxy) is 4. The summed E-state index contributed by atoms with van der Waals surface area (Å²) in [7, 11) is 4.60. The third-order valence-electron chi connectivity index (χ3n) is 4.76. The van der Waals surface area contributed by atoms with Crippen molar-refractivity contribution in [3.8, 4) is 17.2 Å². The maximum absolute atomic E-state index is 13.2. The molecule has 3 rings (SSSR count). The molecule has 0 aromatic heterocycles. The van der Waals surface area contributed by atoms with Gasteiger partial charge in [0.1, 0.15) is 22.9 Å². The van der Waals surface area contributed by atoms with E-state index in [1.165, 1.54) is 12.0 Å². The van der Waals surface area contributed by atoms with Crippen molar-refractivity contribution in [3.63, 3.8) is 0 Å². The molecule has 0 spiro atoms. The fourth-order valence-electron chi connectivity index (χ4n) is 3.25. The van der Waals surface area contributed by atoms with E-state index >= 15 is 0 Å². The van der Waals surface area contributed by atoms with Crippen LogP contribution in [0.15, 0.2) is 48.2 Å². The first kappa shape index (κ1) is 22.2. The van der Waals surface area contributed by atoms with E-state index in [2.05, 4.69) is 5.32 Å². The minimum Gasteiger partial charge on any atom is -0.497 e. The Morgan fingerprint density at radius 1 is 0.871 bits per heavy atom.